The van der Waals surface area contributed by atoms with E-state index in [1.54, 1.807) is 7.11 Å². The summed E-state index contributed by atoms with van der Waals surface area (Å²) in [5.41, 5.74) is 6.70. The molecule has 4 nitrogen and oxygen atoms in total. The molecule has 0 unspecified atom stereocenters. The van der Waals surface area contributed by atoms with Gasteiger partial charge in [0.1, 0.15) is 6.61 Å². The lowest BCUT2D eigenvalue weighted by molar-refractivity contribution is -0.122. The Morgan fingerprint density at radius 1 is 1.29 bits per heavy atom. The minimum atomic E-state index is 0.0771. The Kier molecular flexibility index (Phi) is 4.27. The van der Waals surface area contributed by atoms with Crippen LogP contribution < -0.4 is 10.2 Å². The number of hydrogen-bond donors (Lipinski definition) is 1. The first-order chi connectivity index (χ1) is 10.2. The van der Waals surface area contributed by atoms with Gasteiger partial charge in [0.25, 0.3) is 5.91 Å². The second-order valence-corrected chi connectivity index (χ2v) is 5.98. The molecule has 1 aromatic carbocycles. The van der Waals surface area contributed by atoms with Gasteiger partial charge in [0.15, 0.2) is 0 Å². The fourth-order valence-corrected chi connectivity index (χ4v) is 3.68. The molecular weight excluding hydrogens is 264 g/mol. The van der Waals surface area contributed by atoms with Crippen LogP contribution in [0.25, 0.3) is 0 Å². The van der Waals surface area contributed by atoms with Crippen LogP contribution in [-0.2, 0) is 28.8 Å². The lowest BCUT2D eigenvalue weighted by Gasteiger charge is -2.33. The molecule has 1 aromatic rings. The third-order valence-corrected chi connectivity index (χ3v) is 4.64. The molecule has 0 atom stereocenters. The van der Waals surface area contributed by atoms with Crippen LogP contribution in [0.3, 0.4) is 0 Å². The van der Waals surface area contributed by atoms with Crippen LogP contribution >= 0.6 is 0 Å². The average Bonchev–Trinajstić information content (AvgIpc) is 2.72. The van der Waals surface area contributed by atoms with Crippen molar-refractivity contribution in [2.75, 3.05) is 38.3 Å². The van der Waals surface area contributed by atoms with Crippen LogP contribution in [0, 0.1) is 6.92 Å². The lowest BCUT2D eigenvalue weighted by atomic mass is 9.89. The Balaban J connectivity index is 2.05. The number of carbonyl (C=O) groups is 1. The van der Waals surface area contributed by atoms with Crippen molar-refractivity contribution in [1.82, 2.24) is 5.32 Å². The van der Waals surface area contributed by atoms with E-state index in [0.29, 0.717) is 0 Å². The van der Waals surface area contributed by atoms with Crippen LogP contribution in [0.15, 0.2) is 6.07 Å². The minimum Gasteiger partial charge on any atom is -0.375 e. The molecule has 2 aliphatic heterocycles. The average molecular weight is 288 g/mol. The van der Waals surface area contributed by atoms with Crippen molar-refractivity contribution in [3.8, 4) is 0 Å². The predicted molar refractivity (Wildman–Crippen MR) is 84.0 cm³/mol. The van der Waals surface area contributed by atoms with Crippen molar-refractivity contribution >= 4 is 11.6 Å². The fraction of sp³-hybridized carbons (Fsp3) is 0.588. The Morgan fingerprint density at radius 2 is 2.10 bits per heavy atom. The summed E-state index contributed by atoms with van der Waals surface area (Å²) < 4.78 is 5.04. The Hall–Kier alpha value is -1.39. The van der Waals surface area contributed by atoms with Crippen molar-refractivity contribution in [1.29, 1.82) is 0 Å². The molecule has 1 N–H and O–H groups in total. The third kappa shape index (κ3) is 2.70. The monoisotopic (exact) mass is 288 g/mol. The van der Waals surface area contributed by atoms with Crippen molar-refractivity contribution in [3.63, 3.8) is 0 Å². The number of anilines is 1. The van der Waals surface area contributed by atoms with E-state index in [-0.39, 0.29) is 12.5 Å². The van der Waals surface area contributed by atoms with E-state index >= 15 is 0 Å². The van der Waals surface area contributed by atoms with E-state index in [0.717, 1.165) is 51.0 Å². The van der Waals surface area contributed by atoms with Crippen LogP contribution in [0.5, 0.6) is 0 Å². The Bertz CT molecular complexity index is 554. The third-order valence-electron chi connectivity index (χ3n) is 4.64. The van der Waals surface area contributed by atoms with Crippen molar-refractivity contribution in [2.24, 2.45) is 0 Å². The molecule has 21 heavy (non-hydrogen) atoms. The number of amides is 1. The number of carbonyl (C=O) groups excluding carboxylic acids is 1. The van der Waals surface area contributed by atoms with E-state index in [9.17, 15) is 4.79 Å². The molecule has 4 heteroatoms. The number of ether oxygens (including phenoxy) is 1. The standard InChI is InChI=1S/C17H24N2O2/c1-12-15-6-8-18-7-5-13(15)10-14-4-3-9-19(17(12)14)16(20)11-21-2/h10,18H,3-9,11H2,1-2H3. The molecule has 0 aromatic heterocycles. The number of rotatable bonds is 2. The van der Waals surface area contributed by atoms with Gasteiger partial charge >= 0.3 is 0 Å². The van der Waals surface area contributed by atoms with Gasteiger partial charge < -0.3 is 15.0 Å². The summed E-state index contributed by atoms with van der Waals surface area (Å²) in [5, 5.41) is 3.47. The van der Waals surface area contributed by atoms with E-state index in [4.69, 9.17) is 4.74 Å². The van der Waals surface area contributed by atoms with E-state index < -0.39 is 0 Å². The molecule has 2 heterocycles. The van der Waals surface area contributed by atoms with Crippen molar-refractivity contribution < 1.29 is 9.53 Å². The van der Waals surface area contributed by atoms with E-state index in [1.807, 2.05) is 4.90 Å². The summed E-state index contributed by atoms with van der Waals surface area (Å²) >= 11 is 0. The number of fused-ring (bicyclic) bond motifs is 2. The van der Waals surface area contributed by atoms with Crippen LogP contribution in [0.4, 0.5) is 5.69 Å². The Morgan fingerprint density at radius 3 is 2.90 bits per heavy atom. The maximum absolute atomic E-state index is 12.3. The smallest absolute Gasteiger partial charge is 0.252 e. The first-order valence-corrected chi connectivity index (χ1v) is 7.86. The highest BCUT2D eigenvalue weighted by atomic mass is 16.5. The second-order valence-electron chi connectivity index (χ2n) is 5.98. The number of methoxy groups -OCH3 is 1. The molecule has 114 valence electrons. The van der Waals surface area contributed by atoms with Gasteiger partial charge in [0, 0.05) is 13.7 Å². The van der Waals surface area contributed by atoms with Gasteiger partial charge in [-0.15, -0.1) is 0 Å². The molecule has 0 fully saturated rings. The first-order valence-electron chi connectivity index (χ1n) is 7.86. The van der Waals surface area contributed by atoms with E-state index in [1.165, 1.54) is 22.3 Å². The summed E-state index contributed by atoms with van der Waals surface area (Å²) in [7, 11) is 1.58. The highest BCUT2D eigenvalue weighted by Gasteiger charge is 2.27. The molecule has 0 bridgehead atoms. The van der Waals surface area contributed by atoms with Crippen molar-refractivity contribution in [2.45, 2.75) is 32.6 Å². The quantitative estimate of drug-likeness (QED) is 0.899. The minimum absolute atomic E-state index is 0.0771. The van der Waals surface area contributed by atoms with Gasteiger partial charge in [-0.1, -0.05) is 6.07 Å². The highest BCUT2D eigenvalue weighted by Crippen LogP contribution is 2.35. The number of hydrogen-bond acceptors (Lipinski definition) is 3. The molecule has 0 saturated heterocycles. The predicted octanol–water partition coefficient (Wildman–Crippen LogP) is 1.61. The molecule has 0 radical (unpaired) electrons. The summed E-state index contributed by atoms with van der Waals surface area (Å²) in [5.74, 6) is 0.0771. The SMILES string of the molecule is COCC(=O)N1CCCc2cc3c(c(C)c21)CCNCC3. The van der Waals surface area contributed by atoms with E-state index in [2.05, 4.69) is 18.3 Å². The zero-order chi connectivity index (χ0) is 14.8. The molecule has 2 aliphatic rings. The van der Waals surface area contributed by atoms with Gasteiger partial charge in [0.05, 0.1) is 5.69 Å². The lowest BCUT2D eigenvalue weighted by Crippen LogP contribution is -2.38. The zero-order valence-electron chi connectivity index (χ0n) is 13.0. The number of nitrogens with zero attached hydrogens (tertiary/aromatic N) is 1. The van der Waals surface area contributed by atoms with Crippen LogP contribution in [-0.4, -0.2) is 39.3 Å². The van der Waals surface area contributed by atoms with Gasteiger partial charge in [0.2, 0.25) is 0 Å². The normalized spacial score (nSPS) is 17.9. The van der Waals surface area contributed by atoms with Crippen LogP contribution in [0.2, 0.25) is 0 Å². The fourth-order valence-electron chi connectivity index (χ4n) is 3.68. The largest absolute Gasteiger partial charge is 0.375 e. The molecule has 0 aliphatic carbocycles. The van der Waals surface area contributed by atoms with Gasteiger partial charge in [-0.05, 0) is 68.0 Å². The number of benzene rings is 1. The first kappa shape index (κ1) is 14.5. The van der Waals surface area contributed by atoms with Gasteiger partial charge in [-0.25, -0.2) is 0 Å². The summed E-state index contributed by atoms with van der Waals surface area (Å²) in [6, 6.07) is 2.34. The topological polar surface area (TPSA) is 41.6 Å². The summed E-state index contributed by atoms with van der Waals surface area (Å²) in [6.07, 6.45) is 4.27. The number of aryl methyl sites for hydroxylation is 1. The maximum atomic E-state index is 12.3. The highest BCUT2D eigenvalue weighted by molar-refractivity contribution is 5.96. The zero-order valence-corrected chi connectivity index (χ0v) is 13.0. The molecule has 3 rings (SSSR count). The number of nitrogens with one attached hydrogen (secondary N) is 1. The Labute approximate surface area is 126 Å². The van der Waals surface area contributed by atoms with Gasteiger partial charge in [-0.2, -0.15) is 0 Å². The maximum Gasteiger partial charge on any atom is 0.252 e. The summed E-state index contributed by atoms with van der Waals surface area (Å²) in [6.45, 7) is 5.24. The van der Waals surface area contributed by atoms with Crippen LogP contribution in [0.1, 0.15) is 28.7 Å². The van der Waals surface area contributed by atoms with Gasteiger partial charge in [-0.3, -0.25) is 4.79 Å². The molecule has 1 amide bonds. The molecule has 0 saturated carbocycles. The summed E-state index contributed by atoms with van der Waals surface area (Å²) in [4.78, 5) is 14.3. The molecular formula is C17H24N2O2. The molecule has 0 spiro atoms. The second kappa shape index (κ2) is 6.16. The van der Waals surface area contributed by atoms with Crippen molar-refractivity contribution in [3.05, 3.63) is 28.3 Å².